The van der Waals surface area contributed by atoms with E-state index in [1.54, 1.807) is 0 Å². The number of primary amides is 2. The number of carbonyl (C=O) groups excluding carboxylic acids is 5. The van der Waals surface area contributed by atoms with E-state index in [9.17, 15) is 33.6 Å². The van der Waals surface area contributed by atoms with Crippen LogP contribution in [0.3, 0.4) is 0 Å². The third kappa shape index (κ3) is 10.9. The van der Waals surface area contributed by atoms with E-state index in [0.717, 1.165) is 0 Å². The molecule has 0 bridgehead atoms. The molecule has 0 aromatic rings. The summed E-state index contributed by atoms with van der Waals surface area (Å²) in [6.07, 6.45) is -2.11. The van der Waals surface area contributed by atoms with E-state index in [1.165, 1.54) is 0 Å². The molecule has 0 spiro atoms. The maximum atomic E-state index is 12.1. The third-order valence-electron chi connectivity index (χ3n) is 3.23. The summed E-state index contributed by atoms with van der Waals surface area (Å²) in [5, 5.41) is 23.7. The first-order chi connectivity index (χ1) is 13.3. The maximum Gasteiger partial charge on any atom is 0.326 e. The lowest BCUT2D eigenvalue weighted by Crippen LogP contribution is -2.54. The molecule has 0 aromatic carbocycles. The Morgan fingerprint density at radius 2 is 1.31 bits per heavy atom. The van der Waals surface area contributed by atoms with Crippen molar-refractivity contribution in [3.63, 3.8) is 0 Å². The van der Waals surface area contributed by atoms with Gasteiger partial charge in [0.15, 0.2) is 0 Å². The summed E-state index contributed by atoms with van der Waals surface area (Å²) in [7, 11) is 0. The monoisotopic (exact) mass is 418 g/mol. The van der Waals surface area contributed by atoms with Crippen molar-refractivity contribution in [2.45, 2.75) is 37.4 Å². The fraction of sp³-hybridized carbons (Fsp3) is 0.500. The second kappa shape index (κ2) is 11.9. The lowest BCUT2D eigenvalue weighted by Gasteiger charge is -2.19. The number of nitrogens with one attached hydrogen (secondary N) is 3. The van der Waals surface area contributed by atoms with Crippen LogP contribution in [0.25, 0.3) is 0 Å². The Morgan fingerprint density at radius 1 is 0.759 bits per heavy atom. The smallest absolute Gasteiger partial charge is 0.326 e. The van der Waals surface area contributed by atoms with Crippen molar-refractivity contribution in [2.24, 2.45) is 17.2 Å². The zero-order valence-corrected chi connectivity index (χ0v) is 15.0. The Bertz CT molecular complexity index is 695. The number of hydrogen-bond donors (Lipinski definition) is 8. The molecule has 0 aliphatic heterocycles. The molecule has 0 heterocycles. The fourth-order valence-electron chi connectivity index (χ4n) is 1.91. The van der Waals surface area contributed by atoms with Crippen LogP contribution in [-0.4, -0.2) is 76.4 Å². The third-order valence-corrected chi connectivity index (χ3v) is 3.23. The van der Waals surface area contributed by atoms with Crippen LogP contribution in [-0.2, 0) is 33.6 Å². The number of carbonyl (C=O) groups is 7. The second-order valence-electron chi connectivity index (χ2n) is 5.78. The van der Waals surface area contributed by atoms with E-state index in [0.29, 0.717) is 0 Å². The largest absolute Gasteiger partial charge is 0.481 e. The zero-order valence-electron chi connectivity index (χ0n) is 15.0. The molecule has 0 rings (SSSR count). The van der Waals surface area contributed by atoms with Crippen molar-refractivity contribution in [1.29, 1.82) is 0 Å². The van der Waals surface area contributed by atoms with E-state index in [-0.39, 0.29) is 0 Å². The molecular weight excluding hydrogens is 396 g/mol. The summed E-state index contributed by atoms with van der Waals surface area (Å²) in [4.78, 5) is 79.0. The molecule has 0 aromatic heterocycles. The van der Waals surface area contributed by atoms with Gasteiger partial charge in [-0.3, -0.25) is 28.8 Å². The molecule has 0 aliphatic rings. The molecule has 0 aliphatic carbocycles. The van der Waals surface area contributed by atoms with Crippen LogP contribution in [0.15, 0.2) is 0 Å². The molecule has 0 radical (unpaired) electrons. The Balaban J connectivity index is 4.89. The van der Waals surface area contributed by atoms with Gasteiger partial charge < -0.3 is 43.4 Å². The van der Waals surface area contributed by atoms with Crippen LogP contribution in [0.1, 0.15) is 19.3 Å². The molecule has 11 N–H and O–H groups in total. The maximum absolute atomic E-state index is 12.1. The van der Waals surface area contributed by atoms with Crippen LogP contribution < -0.4 is 33.2 Å². The van der Waals surface area contributed by atoms with Crippen molar-refractivity contribution in [2.75, 3.05) is 6.54 Å². The predicted molar refractivity (Wildman–Crippen MR) is 92.4 cm³/mol. The van der Waals surface area contributed by atoms with Crippen LogP contribution in [0.2, 0.25) is 0 Å². The highest BCUT2D eigenvalue weighted by Crippen LogP contribution is 1.97. The fourth-order valence-corrected chi connectivity index (χ4v) is 1.91. The molecule has 15 heteroatoms. The normalized spacial score (nSPS) is 13.3. The summed E-state index contributed by atoms with van der Waals surface area (Å²) in [5.41, 5.74) is 15.1. The Kier molecular flexibility index (Phi) is 10.3. The van der Waals surface area contributed by atoms with Crippen molar-refractivity contribution in [1.82, 2.24) is 16.0 Å². The van der Waals surface area contributed by atoms with Gasteiger partial charge in [0.2, 0.25) is 29.5 Å². The Morgan fingerprint density at radius 3 is 1.76 bits per heavy atom. The summed E-state index contributed by atoms with van der Waals surface area (Å²) >= 11 is 0. The molecule has 0 fully saturated rings. The SMILES string of the molecule is NC(=O)CC(N)C(=O)NC(CC(=O)O)C(=O)NCC(=O)NC(CC(N)=O)C(=O)O. The number of aliphatic carboxylic acids is 2. The van der Waals surface area contributed by atoms with E-state index in [2.05, 4.69) is 0 Å². The average Bonchev–Trinajstić information content (AvgIpc) is 2.56. The molecule has 162 valence electrons. The van der Waals surface area contributed by atoms with Crippen molar-refractivity contribution in [3.8, 4) is 0 Å². The lowest BCUT2D eigenvalue weighted by molar-refractivity contribution is -0.143. The molecule has 5 amide bonds. The highest BCUT2D eigenvalue weighted by atomic mass is 16.4. The number of amides is 5. The quantitative estimate of drug-likeness (QED) is 0.141. The highest BCUT2D eigenvalue weighted by molar-refractivity contribution is 5.95. The summed E-state index contributed by atoms with van der Waals surface area (Å²) in [6.45, 7) is -0.791. The van der Waals surface area contributed by atoms with E-state index < -0.39 is 85.4 Å². The Hall–Kier alpha value is -3.75. The zero-order chi connectivity index (χ0) is 22.7. The van der Waals surface area contributed by atoms with E-state index in [4.69, 9.17) is 27.4 Å². The molecular formula is C14H22N6O9. The second-order valence-corrected chi connectivity index (χ2v) is 5.78. The van der Waals surface area contributed by atoms with E-state index in [1.807, 2.05) is 16.0 Å². The van der Waals surface area contributed by atoms with Gasteiger partial charge in [-0.05, 0) is 0 Å². The predicted octanol–water partition coefficient (Wildman–Crippen LogP) is -5.29. The molecule has 0 saturated carbocycles. The molecule has 3 atom stereocenters. The van der Waals surface area contributed by atoms with Gasteiger partial charge in [0.05, 0.1) is 31.8 Å². The molecule has 15 nitrogen and oxygen atoms in total. The topological polar surface area (TPSA) is 274 Å². The van der Waals surface area contributed by atoms with Gasteiger partial charge in [0, 0.05) is 0 Å². The van der Waals surface area contributed by atoms with Crippen LogP contribution in [0.5, 0.6) is 0 Å². The number of hydrogen-bond acceptors (Lipinski definition) is 8. The van der Waals surface area contributed by atoms with Gasteiger partial charge in [-0.2, -0.15) is 0 Å². The van der Waals surface area contributed by atoms with Crippen molar-refractivity contribution >= 4 is 41.5 Å². The molecule has 29 heavy (non-hydrogen) atoms. The van der Waals surface area contributed by atoms with Gasteiger partial charge in [0.25, 0.3) is 0 Å². The highest BCUT2D eigenvalue weighted by Gasteiger charge is 2.28. The number of nitrogens with two attached hydrogens (primary N) is 3. The summed E-state index contributed by atoms with van der Waals surface area (Å²) in [5.74, 6) is -8.02. The van der Waals surface area contributed by atoms with Gasteiger partial charge in [-0.1, -0.05) is 0 Å². The summed E-state index contributed by atoms with van der Waals surface area (Å²) < 4.78 is 0. The van der Waals surface area contributed by atoms with E-state index >= 15 is 0 Å². The van der Waals surface area contributed by atoms with Crippen LogP contribution in [0.4, 0.5) is 0 Å². The van der Waals surface area contributed by atoms with Gasteiger partial charge in [0.1, 0.15) is 12.1 Å². The lowest BCUT2D eigenvalue weighted by atomic mass is 10.1. The van der Waals surface area contributed by atoms with Crippen molar-refractivity contribution < 1.29 is 43.8 Å². The standard InChI is InChI=1S/C14H22N6O9/c15-5(1-8(16)21)12(26)20-6(3-11(24)25)13(27)18-4-10(23)19-7(14(28)29)2-9(17)22/h5-7H,1-4,15H2,(H2,16,21)(H2,17,22)(H,18,27)(H,19,23)(H,20,26)(H,24,25)(H,28,29). The number of rotatable bonds is 13. The summed E-state index contributed by atoms with van der Waals surface area (Å²) in [6, 6.07) is -4.70. The van der Waals surface area contributed by atoms with Crippen LogP contribution >= 0.6 is 0 Å². The Labute approximate surface area is 163 Å². The average molecular weight is 418 g/mol. The minimum Gasteiger partial charge on any atom is -0.481 e. The van der Waals surface area contributed by atoms with Crippen molar-refractivity contribution in [3.05, 3.63) is 0 Å². The number of carboxylic acid groups (broad SMARTS) is 2. The number of carboxylic acids is 2. The van der Waals surface area contributed by atoms with Gasteiger partial charge in [-0.25, -0.2) is 4.79 Å². The molecule has 0 saturated heterocycles. The van der Waals surface area contributed by atoms with Gasteiger partial charge >= 0.3 is 11.9 Å². The first-order valence-corrected chi connectivity index (χ1v) is 7.97. The molecule has 3 unspecified atom stereocenters. The minimum absolute atomic E-state index is 0.550. The first kappa shape index (κ1) is 25.2. The van der Waals surface area contributed by atoms with Gasteiger partial charge in [-0.15, -0.1) is 0 Å². The first-order valence-electron chi connectivity index (χ1n) is 7.97. The van der Waals surface area contributed by atoms with Crippen LogP contribution in [0, 0.1) is 0 Å². The minimum atomic E-state index is -1.65.